The summed E-state index contributed by atoms with van der Waals surface area (Å²) in [5.74, 6) is 0. The summed E-state index contributed by atoms with van der Waals surface area (Å²) < 4.78 is 71.0. The van der Waals surface area contributed by atoms with E-state index in [-0.39, 0.29) is 24.4 Å². The van der Waals surface area contributed by atoms with E-state index in [0.29, 0.717) is 12.1 Å². The Labute approximate surface area is 235 Å². The Kier molecular flexibility index (Phi) is 9.07. The number of hydrogen-bond acceptors (Lipinski definition) is 5. The van der Waals surface area contributed by atoms with Gasteiger partial charge in [-0.3, -0.25) is 0 Å². The molecule has 220 valence electrons. The number of carbonyl (C=O) groups is 1. The van der Waals surface area contributed by atoms with Gasteiger partial charge in [-0.25, -0.2) is 13.2 Å². The highest BCUT2D eigenvalue weighted by molar-refractivity contribution is 7.90. The zero-order chi connectivity index (χ0) is 29.2. The molecule has 1 saturated carbocycles. The van der Waals surface area contributed by atoms with Crippen LogP contribution in [0, 0.1) is 0 Å². The molecule has 6 nitrogen and oxygen atoms in total. The van der Waals surface area contributed by atoms with Crippen LogP contribution >= 0.6 is 0 Å². The third-order valence-electron chi connectivity index (χ3n) is 8.08. The maximum atomic E-state index is 13.7. The van der Waals surface area contributed by atoms with E-state index in [2.05, 4.69) is 30.9 Å². The van der Waals surface area contributed by atoms with Crippen molar-refractivity contribution in [2.45, 2.75) is 107 Å². The molecule has 0 radical (unpaired) electrons. The lowest BCUT2D eigenvalue weighted by atomic mass is 9.84. The Morgan fingerprint density at radius 1 is 1.05 bits per heavy atom. The van der Waals surface area contributed by atoms with Gasteiger partial charge in [-0.2, -0.15) is 13.2 Å². The van der Waals surface area contributed by atoms with Crippen molar-refractivity contribution < 1.29 is 31.1 Å². The third kappa shape index (κ3) is 7.11. The van der Waals surface area contributed by atoms with Crippen LogP contribution < -0.4 is 10.6 Å². The number of halogens is 3. The summed E-state index contributed by atoms with van der Waals surface area (Å²) in [7, 11) is -3.91. The Hall–Kier alpha value is -2.75. The first-order valence-corrected chi connectivity index (χ1v) is 15.9. The highest BCUT2D eigenvalue weighted by Crippen LogP contribution is 2.38. The smallest absolute Gasteiger partial charge is 0.416 e. The van der Waals surface area contributed by atoms with Crippen LogP contribution in [0.4, 0.5) is 23.7 Å². The maximum absolute atomic E-state index is 13.7. The van der Waals surface area contributed by atoms with Crippen molar-refractivity contribution in [1.82, 2.24) is 0 Å². The van der Waals surface area contributed by atoms with Crippen LogP contribution in [0.1, 0.15) is 80.2 Å². The van der Waals surface area contributed by atoms with Gasteiger partial charge < -0.3 is 15.4 Å². The first-order valence-electron chi connectivity index (χ1n) is 14.0. The molecule has 0 bridgehead atoms. The van der Waals surface area contributed by atoms with Crippen molar-refractivity contribution in [2.75, 3.05) is 11.2 Å². The third-order valence-corrected chi connectivity index (χ3v) is 9.17. The molecule has 2 aliphatic carbocycles. The molecule has 1 unspecified atom stereocenters. The minimum Gasteiger partial charge on any atom is -0.446 e. The Bertz CT molecular complexity index is 1340. The first-order chi connectivity index (χ1) is 18.7. The second-order valence-electron chi connectivity index (χ2n) is 11.5. The van der Waals surface area contributed by atoms with Gasteiger partial charge in [0.2, 0.25) is 0 Å². The number of anilines is 1. The van der Waals surface area contributed by atoms with E-state index in [1.165, 1.54) is 30.0 Å². The average molecular weight is 581 g/mol. The molecule has 2 aromatic carbocycles. The zero-order valence-corrected chi connectivity index (χ0v) is 24.2. The molecule has 0 heterocycles. The van der Waals surface area contributed by atoms with E-state index >= 15 is 0 Å². The number of aryl methyl sites for hydroxylation is 1. The summed E-state index contributed by atoms with van der Waals surface area (Å²) in [6.45, 7) is 4.32. The molecule has 0 spiro atoms. The van der Waals surface area contributed by atoms with E-state index in [0.717, 1.165) is 62.1 Å². The van der Waals surface area contributed by atoms with Crippen LogP contribution in [0.2, 0.25) is 0 Å². The average Bonchev–Trinajstić information content (AvgIpc) is 3.38. The Balaban J connectivity index is 1.79. The number of nitrogens with zero attached hydrogens (tertiary/aromatic N) is 1. The minimum absolute atomic E-state index is 0.108. The van der Waals surface area contributed by atoms with Crippen molar-refractivity contribution in [3.05, 3.63) is 58.1 Å². The van der Waals surface area contributed by atoms with Crippen LogP contribution in [0.15, 0.2) is 35.2 Å². The number of hydrogen-bond donors (Lipinski definition) is 1. The van der Waals surface area contributed by atoms with E-state index in [1.54, 1.807) is 0 Å². The lowest BCUT2D eigenvalue weighted by Gasteiger charge is -2.38. The number of alkyl halides is 3. The molecule has 1 amide bonds. The van der Waals surface area contributed by atoms with Gasteiger partial charge in [0.15, 0.2) is 9.84 Å². The summed E-state index contributed by atoms with van der Waals surface area (Å²) >= 11 is 0. The molecule has 10 heteroatoms. The molecule has 2 aliphatic rings. The van der Waals surface area contributed by atoms with Gasteiger partial charge in [0.1, 0.15) is 6.10 Å². The van der Waals surface area contributed by atoms with Gasteiger partial charge in [0.05, 0.1) is 10.5 Å². The number of amides is 1. The summed E-state index contributed by atoms with van der Waals surface area (Å²) in [5.41, 5.74) is 9.06. The molecule has 2 aromatic rings. The molecule has 1 atom stereocenters. The van der Waals surface area contributed by atoms with Crippen molar-refractivity contribution >= 4 is 21.6 Å². The summed E-state index contributed by atoms with van der Waals surface area (Å²) in [5, 5.41) is 0. The lowest BCUT2D eigenvalue weighted by Crippen LogP contribution is -2.40. The van der Waals surface area contributed by atoms with Crippen molar-refractivity contribution in [2.24, 2.45) is 5.73 Å². The van der Waals surface area contributed by atoms with Crippen molar-refractivity contribution in [1.29, 1.82) is 0 Å². The minimum atomic E-state index is -4.74. The zero-order valence-electron chi connectivity index (χ0n) is 23.4. The van der Waals surface area contributed by atoms with Gasteiger partial charge in [-0.1, -0.05) is 18.9 Å². The number of sulfone groups is 1. The number of nitrogens with two attached hydrogens (primary N) is 1. The summed E-state index contributed by atoms with van der Waals surface area (Å²) in [6.07, 6.45) is 2.84. The topological polar surface area (TPSA) is 89.7 Å². The second kappa shape index (κ2) is 12.0. The number of ether oxygens (including phenoxy) is 1. The number of carbonyl (C=O) groups excluding carboxylic acids is 1. The van der Waals surface area contributed by atoms with Crippen LogP contribution in [-0.2, 0) is 46.4 Å². The molecule has 0 saturated heterocycles. The lowest BCUT2D eigenvalue weighted by molar-refractivity contribution is -0.137. The van der Waals surface area contributed by atoms with Crippen LogP contribution in [0.5, 0.6) is 0 Å². The number of fused-ring (bicyclic) bond motifs is 1. The summed E-state index contributed by atoms with van der Waals surface area (Å²) in [4.78, 5) is 14.0. The Morgan fingerprint density at radius 2 is 1.73 bits per heavy atom. The van der Waals surface area contributed by atoms with Gasteiger partial charge in [0, 0.05) is 36.9 Å². The molecule has 2 N–H and O–H groups in total. The highest BCUT2D eigenvalue weighted by atomic mass is 32.2. The number of primary amides is 1. The molecule has 0 aliphatic heterocycles. The largest absolute Gasteiger partial charge is 0.446 e. The van der Waals surface area contributed by atoms with Gasteiger partial charge >= 0.3 is 12.3 Å². The summed E-state index contributed by atoms with van der Waals surface area (Å²) in [6, 6.07) is 7.72. The van der Waals surface area contributed by atoms with E-state index < -0.39 is 38.7 Å². The van der Waals surface area contributed by atoms with E-state index in [9.17, 15) is 26.4 Å². The van der Waals surface area contributed by atoms with Gasteiger partial charge in [-0.15, -0.1) is 0 Å². The van der Waals surface area contributed by atoms with Gasteiger partial charge in [0.25, 0.3) is 0 Å². The Morgan fingerprint density at radius 3 is 2.33 bits per heavy atom. The van der Waals surface area contributed by atoms with Crippen molar-refractivity contribution in [3.8, 4) is 0 Å². The monoisotopic (exact) mass is 580 g/mol. The van der Waals surface area contributed by atoms with Crippen LogP contribution in [-0.4, -0.2) is 39.0 Å². The van der Waals surface area contributed by atoms with E-state index in [1.807, 2.05) is 0 Å². The standard InChI is InChI=1S/C30H39F3N2O4S/c1-19(2)35(23-9-5-6-10-23)28-13-12-21-8-4-7-11-26(21)27(28)18-24(39-29(34)36)15-20-14-22(30(31,32)33)17-25(16-20)40(3,37)38/h12-14,16-17,19,23-24H,4-11,15,18H2,1-3H3,(H2,34,36). The van der Waals surface area contributed by atoms with E-state index in [4.69, 9.17) is 10.5 Å². The van der Waals surface area contributed by atoms with Crippen molar-refractivity contribution in [3.63, 3.8) is 0 Å². The van der Waals surface area contributed by atoms with Crippen LogP contribution in [0.25, 0.3) is 0 Å². The molecular formula is C30H39F3N2O4S. The quantitative estimate of drug-likeness (QED) is 0.371. The number of rotatable bonds is 9. The maximum Gasteiger partial charge on any atom is 0.416 e. The number of benzene rings is 2. The first kappa shape index (κ1) is 30.2. The molecule has 4 rings (SSSR count). The predicted octanol–water partition coefficient (Wildman–Crippen LogP) is 6.39. The van der Waals surface area contributed by atoms with Crippen LogP contribution in [0.3, 0.4) is 0 Å². The molecule has 1 fully saturated rings. The SMILES string of the molecule is CC(C)N(c1ccc2c(c1CC(Cc1cc(C(F)(F)F)cc(S(C)(=O)=O)c1)OC(N)=O)CCCC2)C1CCCC1. The predicted molar refractivity (Wildman–Crippen MR) is 149 cm³/mol. The van der Waals surface area contributed by atoms with Gasteiger partial charge in [-0.05, 0) is 98.9 Å². The highest BCUT2D eigenvalue weighted by Gasteiger charge is 2.33. The molecule has 0 aromatic heterocycles. The fourth-order valence-corrected chi connectivity index (χ4v) is 7.11. The fourth-order valence-electron chi connectivity index (χ4n) is 6.41. The normalized spacial score (nSPS) is 17.1. The molecule has 40 heavy (non-hydrogen) atoms. The second-order valence-corrected chi connectivity index (χ2v) is 13.5. The molecular weight excluding hydrogens is 541 g/mol. The fraction of sp³-hybridized carbons (Fsp3) is 0.567.